The number of nitrogens with zero attached hydrogens (tertiary/aromatic N) is 4. The van der Waals surface area contributed by atoms with Crippen LogP contribution in [0.1, 0.15) is 23.2 Å². The maximum atomic E-state index is 12.4. The number of rotatable bonds is 2. The molecule has 3 heterocycles. The lowest BCUT2D eigenvalue weighted by Crippen LogP contribution is -2.42. The Hall–Kier alpha value is -2.67. The van der Waals surface area contributed by atoms with Crippen LogP contribution in [0, 0.1) is 0 Å². The van der Waals surface area contributed by atoms with Gasteiger partial charge in [0, 0.05) is 19.3 Å². The molecular weight excluding hydrogens is 316 g/mol. The molecule has 1 saturated heterocycles. The first-order valence-electron chi connectivity index (χ1n) is 8.57. The van der Waals surface area contributed by atoms with Crippen molar-refractivity contribution >= 4 is 29.0 Å². The molecule has 0 saturated carbocycles. The molecule has 7 heteroatoms. The summed E-state index contributed by atoms with van der Waals surface area (Å²) in [6, 6.07) is 8.02. The van der Waals surface area contributed by atoms with Crippen molar-refractivity contribution < 1.29 is 4.79 Å². The molecule has 2 aliphatic heterocycles. The summed E-state index contributed by atoms with van der Waals surface area (Å²) < 4.78 is 0. The largest absolute Gasteiger partial charge is 0.341 e. The number of aromatic nitrogens is 2. The Kier molecular flexibility index (Phi) is 4.01. The van der Waals surface area contributed by atoms with E-state index in [0.717, 1.165) is 37.3 Å². The Bertz CT molecular complexity index is 800. The number of hydrogen-bond donors (Lipinski definition) is 2. The van der Waals surface area contributed by atoms with Crippen LogP contribution in [0.25, 0.3) is 0 Å². The summed E-state index contributed by atoms with van der Waals surface area (Å²) >= 11 is 0. The van der Waals surface area contributed by atoms with Gasteiger partial charge < -0.3 is 20.4 Å². The molecule has 0 atom stereocenters. The van der Waals surface area contributed by atoms with E-state index in [9.17, 15) is 4.79 Å². The molecule has 130 valence electrons. The van der Waals surface area contributed by atoms with Crippen LogP contribution in [0.2, 0.25) is 0 Å². The molecular formula is C18H22N6O. The predicted molar refractivity (Wildman–Crippen MR) is 98.6 cm³/mol. The highest BCUT2D eigenvalue weighted by atomic mass is 16.1. The summed E-state index contributed by atoms with van der Waals surface area (Å²) in [6.45, 7) is 2.15. The number of carbonyl (C=O) groups excluding carboxylic acids is 1. The normalized spacial score (nSPS) is 17.8. The Morgan fingerprint density at radius 1 is 1.16 bits per heavy atom. The molecule has 25 heavy (non-hydrogen) atoms. The second-order valence-electron chi connectivity index (χ2n) is 6.70. The number of hydrogen-bond acceptors (Lipinski definition) is 6. The van der Waals surface area contributed by atoms with Crippen LogP contribution in [-0.2, 0) is 0 Å². The summed E-state index contributed by atoms with van der Waals surface area (Å²) in [6.07, 6.45) is 3.78. The van der Waals surface area contributed by atoms with Crippen molar-refractivity contribution in [3.8, 4) is 0 Å². The minimum atomic E-state index is -0.194. The quantitative estimate of drug-likeness (QED) is 0.875. The van der Waals surface area contributed by atoms with Gasteiger partial charge in [-0.05, 0) is 45.1 Å². The predicted octanol–water partition coefficient (Wildman–Crippen LogP) is 2.32. The number of benzene rings is 1. The molecule has 0 unspecified atom stereocenters. The van der Waals surface area contributed by atoms with Crippen molar-refractivity contribution in [1.29, 1.82) is 0 Å². The van der Waals surface area contributed by atoms with Crippen molar-refractivity contribution in [2.45, 2.75) is 18.9 Å². The summed E-state index contributed by atoms with van der Waals surface area (Å²) in [7, 11) is 4.18. The lowest BCUT2D eigenvalue weighted by atomic mass is 10.0. The molecule has 0 bridgehead atoms. The third kappa shape index (κ3) is 3.02. The van der Waals surface area contributed by atoms with E-state index in [4.69, 9.17) is 0 Å². The molecule has 1 amide bonds. The van der Waals surface area contributed by atoms with Gasteiger partial charge in [-0.25, -0.2) is 4.98 Å². The number of piperidine rings is 1. The lowest BCUT2D eigenvalue weighted by molar-refractivity contribution is 0.102. The maximum Gasteiger partial charge on any atom is 0.261 e. The van der Waals surface area contributed by atoms with Gasteiger partial charge >= 0.3 is 0 Å². The molecule has 1 fully saturated rings. The van der Waals surface area contributed by atoms with Gasteiger partial charge in [0.1, 0.15) is 11.4 Å². The van der Waals surface area contributed by atoms with Crippen molar-refractivity contribution in [2.24, 2.45) is 0 Å². The van der Waals surface area contributed by atoms with Crippen LogP contribution >= 0.6 is 0 Å². The van der Waals surface area contributed by atoms with Crippen molar-refractivity contribution in [3.63, 3.8) is 0 Å². The van der Waals surface area contributed by atoms with E-state index in [0.29, 0.717) is 23.4 Å². The van der Waals surface area contributed by atoms with E-state index in [1.807, 2.05) is 31.3 Å². The fourth-order valence-corrected chi connectivity index (χ4v) is 3.37. The van der Waals surface area contributed by atoms with Crippen molar-refractivity contribution in [2.75, 3.05) is 42.7 Å². The molecule has 2 N–H and O–H groups in total. The first-order valence-corrected chi connectivity index (χ1v) is 8.57. The van der Waals surface area contributed by atoms with E-state index >= 15 is 0 Å². The van der Waals surface area contributed by atoms with Crippen LogP contribution in [0.3, 0.4) is 0 Å². The molecule has 4 rings (SSSR count). The van der Waals surface area contributed by atoms with Gasteiger partial charge in [0.15, 0.2) is 0 Å². The highest BCUT2D eigenvalue weighted by Crippen LogP contribution is 2.31. The third-order valence-electron chi connectivity index (χ3n) is 5.00. The zero-order valence-corrected chi connectivity index (χ0v) is 14.5. The standard InChI is InChI=1S/C18H22N6O/c1-23-9-7-12(8-10-23)24(2)18-19-11-13-16(22-18)20-14-5-3-4-6-15(14)21-17(13)25/h3-6,11-12H,7-10H2,1-2H3,(H,21,25)(H,19,20,22). The second kappa shape index (κ2) is 6.33. The minimum Gasteiger partial charge on any atom is -0.341 e. The number of anilines is 4. The molecule has 2 aromatic rings. The van der Waals surface area contributed by atoms with Crippen LogP contribution in [0.4, 0.5) is 23.1 Å². The topological polar surface area (TPSA) is 73.4 Å². The van der Waals surface area contributed by atoms with Gasteiger partial charge in [-0.15, -0.1) is 0 Å². The lowest BCUT2D eigenvalue weighted by Gasteiger charge is -2.35. The number of amides is 1. The first-order chi connectivity index (χ1) is 12.1. The van der Waals surface area contributed by atoms with E-state index in [-0.39, 0.29) is 5.91 Å². The molecule has 1 aromatic heterocycles. The number of para-hydroxylation sites is 2. The third-order valence-corrected chi connectivity index (χ3v) is 5.00. The molecule has 0 spiro atoms. The van der Waals surface area contributed by atoms with E-state index in [1.54, 1.807) is 6.20 Å². The van der Waals surface area contributed by atoms with Crippen LogP contribution in [-0.4, -0.2) is 54.0 Å². The number of carbonyl (C=O) groups is 1. The maximum absolute atomic E-state index is 12.4. The van der Waals surface area contributed by atoms with E-state index < -0.39 is 0 Å². The Morgan fingerprint density at radius 2 is 1.84 bits per heavy atom. The SMILES string of the molecule is CN1CCC(N(C)c2ncc3c(n2)Nc2ccccc2NC3=O)CC1. The molecule has 0 aliphatic carbocycles. The Balaban J connectivity index is 1.64. The van der Waals surface area contributed by atoms with Crippen LogP contribution in [0.15, 0.2) is 30.5 Å². The van der Waals surface area contributed by atoms with Crippen LogP contribution in [0.5, 0.6) is 0 Å². The summed E-state index contributed by atoms with van der Waals surface area (Å²) in [5.41, 5.74) is 2.04. The second-order valence-corrected chi connectivity index (χ2v) is 6.70. The van der Waals surface area contributed by atoms with Gasteiger partial charge in [-0.2, -0.15) is 4.98 Å². The van der Waals surface area contributed by atoms with Gasteiger partial charge in [0.2, 0.25) is 5.95 Å². The average Bonchev–Trinajstić information content (AvgIpc) is 2.77. The highest BCUT2D eigenvalue weighted by molar-refractivity contribution is 6.11. The van der Waals surface area contributed by atoms with E-state index in [2.05, 4.69) is 37.4 Å². The van der Waals surface area contributed by atoms with Crippen molar-refractivity contribution in [1.82, 2.24) is 14.9 Å². The number of nitrogens with one attached hydrogen (secondary N) is 2. The van der Waals surface area contributed by atoms with Crippen molar-refractivity contribution in [3.05, 3.63) is 36.0 Å². The molecule has 2 aliphatic rings. The van der Waals surface area contributed by atoms with Gasteiger partial charge in [0.05, 0.1) is 11.4 Å². The first kappa shape index (κ1) is 15.8. The summed E-state index contributed by atoms with van der Waals surface area (Å²) in [5.74, 6) is 1.00. The van der Waals surface area contributed by atoms with Crippen LogP contribution < -0.4 is 15.5 Å². The fourth-order valence-electron chi connectivity index (χ4n) is 3.37. The molecule has 1 aromatic carbocycles. The number of fused-ring (bicyclic) bond motifs is 2. The average molecular weight is 338 g/mol. The minimum absolute atomic E-state index is 0.194. The zero-order chi connectivity index (χ0) is 17.4. The van der Waals surface area contributed by atoms with Gasteiger partial charge in [-0.1, -0.05) is 12.1 Å². The smallest absolute Gasteiger partial charge is 0.261 e. The Labute approximate surface area is 147 Å². The van der Waals surface area contributed by atoms with Gasteiger partial charge in [-0.3, -0.25) is 4.79 Å². The molecule has 7 nitrogen and oxygen atoms in total. The Morgan fingerprint density at radius 3 is 2.56 bits per heavy atom. The van der Waals surface area contributed by atoms with Gasteiger partial charge in [0.25, 0.3) is 5.91 Å². The zero-order valence-electron chi connectivity index (χ0n) is 14.5. The summed E-state index contributed by atoms with van der Waals surface area (Å²) in [4.78, 5) is 26.0. The van der Waals surface area contributed by atoms with E-state index in [1.165, 1.54) is 0 Å². The fraction of sp³-hybridized carbons (Fsp3) is 0.389. The summed E-state index contributed by atoms with van der Waals surface area (Å²) in [5, 5.41) is 6.16. The molecule has 0 radical (unpaired) electrons. The monoisotopic (exact) mass is 338 g/mol. The number of likely N-dealkylation sites (tertiary alicyclic amines) is 1. The highest BCUT2D eigenvalue weighted by Gasteiger charge is 2.25.